The SMILES string of the molecule is CC1CCN([C@@H](CNC(=O)CCn2cccn2)c2cccs2)CC1. The Balaban J connectivity index is 1.53. The Morgan fingerprint density at radius 1 is 1.42 bits per heavy atom. The van der Waals surface area contributed by atoms with Gasteiger partial charge in [-0.25, -0.2) is 0 Å². The highest BCUT2D eigenvalue weighted by Gasteiger charge is 2.25. The van der Waals surface area contributed by atoms with Gasteiger partial charge in [-0.05, 0) is 49.4 Å². The second-order valence-corrected chi connectivity index (χ2v) is 7.55. The monoisotopic (exact) mass is 346 g/mol. The minimum atomic E-state index is 0.0948. The van der Waals surface area contributed by atoms with E-state index in [1.165, 1.54) is 17.7 Å². The normalized spacial score (nSPS) is 17.7. The van der Waals surface area contributed by atoms with Crippen molar-refractivity contribution in [1.82, 2.24) is 20.0 Å². The molecule has 24 heavy (non-hydrogen) atoms. The minimum absolute atomic E-state index is 0.0948. The molecule has 0 spiro atoms. The second-order valence-electron chi connectivity index (χ2n) is 6.57. The maximum atomic E-state index is 12.2. The van der Waals surface area contributed by atoms with Crippen molar-refractivity contribution < 1.29 is 4.79 Å². The Labute approximate surface area is 147 Å². The Hall–Kier alpha value is -1.66. The van der Waals surface area contributed by atoms with E-state index in [9.17, 15) is 4.79 Å². The zero-order valence-electron chi connectivity index (χ0n) is 14.2. The molecule has 1 aliphatic heterocycles. The molecule has 1 aliphatic rings. The highest BCUT2D eigenvalue weighted by Crippen LogP contribution is 2.29. The molecule has 6 heteroatoms. The summed E-state index contributed by atoms with van der Waals surface area (Å²) in [6.07, 6.45) is 6.58. The van der Waals surface area contributed by atoms with Gasteiger partial charge < -0.3 is 5.32 Å². The molecular formula is C18H26N4OS. The van der Waals surface area contributed by atoms with Gasteiger partial charge in [-0.2, -0.15) is 5.10 Å². The number of nitrogens with one attached hydrogen (secondary N) is 1. The first kappa shape index (κ1) is 17.2. The van der Waals surface area contributed by atoms with E-state index in [-0.39, 0.29) is 5.91 Å². The third kappa shape index (κ3) is 4.68. The first-order chi connectivity index (χ1) is 11.7. The van der Waals surface area contributed by atoms with Gasteiger partial charge in [0, 0.05) is 36.8 Å². The summed E-state index contributed by atoms with van der Waals surface area (Å²) in [7, 11) is 0. The zero-order chi connectivity index (χ0) is 16.8. The quantitative estimate of drug-likeness (QED) is 0.839. The van der Waals surface area contributed by atoms with Crippen molar-refractivity contribution in [1.29, 1.82) is 0 Å². The van der Waals surface area contributed by atoms with Gasteiger partial charge in [0.1, 0.15) is 0 Å². The Kier molecular flexibility index (Phi) is 6.04. The standard InChI is InChI=1S/C18H26N4OS/c1-15-5-10-21(11-6-15)16(17-4-2-13-24-17)14-19-18(23)7-12-22-9-3-8-20-22/h2-4,8-9,13,15-16H,5-7,10-12,14H2,1H3,(H,19,23)/t16-/m0/s1. The van der Waals surface area contributed by atoms with Gasteiger partial charge in [-0.3, -0.25) is 14.4 Å². The summed E-state index contributed by atoms with van der Waals surface area (Å²) in [6, 6.07) is 6.45. The predicted molar refractivity (Wildman–Crippen MR) is 96.9 cm³/mol. The van der Waals surface area contributed by atoms with E-state index < -0.39 is 0 Å². The van der Waals surface area contributed by atoms with Crippen molar-refractivity contribution in [2.45, 2.75) is 38.8 Å². The molecule has 130 valence electrons. The first-order valence-electron chi connectivity index (χ1n) is 8.74. The fourth-order valence-electron chi connectivity index (χ4n) is 3.18. The number of amides is 1. The average molecular weight is 347 g/mol. The molecule has 1 fully saturated rings. The van der Waals surface area contributed by atoms with Crippen molar-refractivity contribution in [2.24, 2.45) is 5.92 Å². The van der Waals surface area contributed by atoms with E-state index in [1.54, 1.807) is 22.2 Å². The maximum absolute atomic E-state index is 12.2. The van der Waals surface area contributed by atoms with Gasteiger partial charge >= 0.3 is 0 Å². The smallest absolute Gasteiger partial charge is 0.221 e. The van der Waals surface area contributed by atoms with Gasteiger partial charge in [0.2, 0.25) is 5.91 Å². The minimum Gasteiger partial charge on any atom is -0.354 e. The maximum Gasteiger partial charge on any atom is 0.221 e. The third-order valence-electron chi connectivity index (χ3n) is 4.75. The number of likely N-dealkylation sites (tertiary alicyclic amines) is 1. The lowest BCUT2D eigenvalue weighted by atomic mass is 9.97. The number of nitrogens with zero attached hydrogens (tertiary/aromatic N) is 3. The number of aryl methyl sites for hydroxylation is 1. The summed E-state index contributed by atoms with van der Waals surface area (Å²) in [5, 5.41) is 9.38. The van der Waals surface area contributed by atoms with E-state index in [4.69, 9.17) is 0 Å². The average Bonchev–Trinajstić information content (AvgIpc) is 3.28. The number of hydrogen-bond acceptors (Lipinski definition) is 4. The van der Waals surface area contributed by atoms with E-state index in [0.29, 0.717) is 25.6 Å². The molecule has 0 bridgehead atoms. The number of thiophene rings is 1. The lowest BCUT2D eigenvalue weighted by Gasteiger charge is -2.36. The fourth-order valence-corrected chi connectivity index (χ4v) is 4.04. The van der Waals surface area contributed by atoms with Crippen LogP contribution in [0, 0.1) is 5.92 Å². The topological polar surface area (TPSA) is 50.2 Å². The van der Waals surface area contributed by atoms with Crippen LogP contribution in [0.15, 0.2) is 36.0 Å². The molecule has 1 N–H and O–H groups in total. The molecule has 2 aromatic rings. The zero-order valence-corrected chi connectivity index (χ0v) is 15.0. The molecule has 0 aromatic carbocycles. The number of carbonyl (C=O) groups excluding carboxylic acids is 1. The van der Waals surface area contributed by atoms with Gasteiger partial charge in [-0.15, -0.1) is 11.3 Å². The summed E-state index contributed by atoms with van der Waals surface area (Å²) in [6.45, 7) is 5.88. The number of piperidine rings is 1. The van der Waals surface area contributed by atoms with Crippen LogP contribution in [0.4, 0.5) is 0 Å². The molecule has 2 aromatic heterocycles. The van der Waals surface area contributed by atoms with Crippen LogP contribution in [0.3, 0.4) is 0 Å². The first-order valence-corrected chi connectivity index (χ1v) is 9.62. The molecular weight excluding hydrogens is 320 g/mol. The molecule has 0 unspecified atom stereocenters. The van der Waals surface area contributed by atoms with Crippen LogP contribution in [0.1, 0.15) is 37.1 Å². The predicted octanol–water partition coefficient (Wildman–Crippen LogP) is 2.92. The number of rotatable bonds is 7. The van der Waals surface area contributed by atoms with E-state index in [0.717, 1.165) is 19.0 Å². The van der Waals surface area contributed by atoms with Crippen molar-refractivity contribution in [3.63, 3.8) is 0 Å². The molecule has 3 heterocycles. The Morgan fingerprint density at radius 3 is 2.92 bits per heavy atom. The van der Waals surface area contributed by atoms with Crippen molar-refractivity contribution in [3.05, 3.63) is 40.8 Å². The van der Waals surface area contributed by atoms with Gasteiger partial charge in [0.05, 0.1) is 6.04 Å². The summed E-state index contributed by atoms with van der Waals surface area (Å²) >= 11 is 1.78. The fraction of sp³-hybridized carbons (Fsp3) is 0.556. The molecule has 0 radical (unpaired) electrons. The Bertz CT molecular complexity index is 603. The van der Waals surface area contributed by atoms with Crippen LogP contribution in [0.25, 0.3) is 0 Å². The van der Waals surface area contributed by atoms with Crippen LogP contribution >= 0.6 is 11.3 Å². The van der Waals surface area contributed by atoms with Crippen LogP contribution in [-0.2, 0) is 11.3 Å². The number of aromatic nitrogens is 2. The van der Waals surface area contributed by atoms with Crippen molar-refractivity contribution in [2.75, 3.05) is 19.6 Å². The number of carbonyl (C=O) groups is 1. The number of hydrogen-bond donors (Lipinski definition) is 1. The highest BCUT2D eigenvalue weighted by atomic mass is 32.1. The van der Waals surface area contributed by atoms with Gasteiger partial charge in [0.25, 0.3) is 0 Å². The largest absolute Gasteiger partial charge is 0.354 e. The molecule has 3 rings (SSSR count). The Morgan fingerprint density at radius 2 is 2.25 bits per heavy atom. The highest BCUT2D eigenvalue weighted by molar-refractivity contribution is 7.10. The second kappa shape index (κ2) is 8.44. The molecule has 1 saturated heterocycles. The summed E-state index contributed by atoms with van der Waals surface area (Å²) in [5.74, 6) is 0.909. The lowest BCUT2D eigenvalue weighted by Crippen LogP contribution is -2.41. The van der Waals surface area contributed by atoms with Crippen LogP contribution < -0.4 is 5.32 Å². The van der Waals surface area contributed by atoms with E-state index in [1.807, 2.05) is 12.3 Å². The summed E-state index contributed by atoms with van der Waals surface area (Å²) < 4.78 is 1.79. The van der Waals surface area contributed by atoms with Gasteiger partial charge in [0.15, 0.2) is 0 Å². The molecule has 0 aliphatic carbocycles. The summed E-state index contributed by atoms with van der Waals surface area (Å²) in [4.78, 5) is 16.1. The van der Waals surface area contributed by atoms with Crippen molar-refractivity contribution in [3.8, 4) is 0 Å². The van der Waals surface area contributed by atoms with Crippen molar-refractivity contribution >= 4 is 17.2 Å². The van der Waals surface area contributed by atoms with Crippen LogP contribution in [-0.4, -0.2) is 40.2 Å². The molecule has 0 saturated carbocycles. The van der Waals surface area contributed by atoms with Crippen LogP contribution in [0.2, 0.25) is 0 Å². The van der Waals surface area contributed by atoms with E-state index >= 15 is 0 Å². The molecule has 1 atom stereocenters. The summed E-state index contributed by atoms with van der Waals surface area (Å²) in [5.41, 5.74) is 0. The molecule has 5 nitrogen and oxygen atoms in total. The lowest BCUT2D eigenvalue weighted by molar-refractivity contribution is -0.121. The molecule has 1 amide bonds. The van der Waals surface area contributed by atoms with Crippen LogP contribution in [0.5, 0.6) is 0 Å². The third-order valence-corrected chi connectivity index (χ3v) is 5.72. The van der Waals surface area contributed by atoms with E-state index in [2.05, 4.69) is 39.8 Å². The van der Waals surface area contributed by atoms with Gasteiger partial charge in [-0.1, -0.05) is 13.0 Å².